The Kier molecular flexibility index (Phi) is 6.09. The van der Waals surface area contributed by atoms with Crippen molar-refractivity contribution in [2.24, 2.45) is 0 Å². The van der Waals surface area contributed by atoms with E-state index < -0.39 is 0 Å². The van der Waals surface area contributed by atoms with Crippen LogP contribution in [0.1, 0.15) is 42.1 Å². The van der Waals surface area contributed by atoms with Gasteiger partial charge in [0, 0.05) is 48.6 Å². The summed E-state index contributed by atoms with van der Waals surface area (Å²) in [5.74, 6) is 1.77. The van der Waals surface area contributed by atoms with Crippen LogP contribution >= 0.6 is 0 Å². The molecular formula is C27H27N5O. The minimum absolute atomic E-state index is 0.385. The largest absolute Gasteiger partial charge is 0.472 e. The summed E-state index contributed by atoms with van der Waals surface area (Å²) in [6, 6.07) is 18.2. The van der Waals surface area contributed by atoms with Crippen molar-refractivity contribution in [2.75, 3.05) is 6.54 Å². The number of hydrogen-bond donors (Lipinski definition) is 1. The molecule has 1 aliphatic rings. The van der Waals surface area contributed by atoms with E-state index >= 15 is 0 Å². The molecule has 0 fully saturated rings. The first-order valence-corrected chi connectivity index (χ1v) is 11.4. The van der Waals surface area contributed by atoms with Gasteiger partial charge in [-0.1, -0.05) is 50.2 Å². The zero-order valence-electron chi connectivity index (χ0n) is 19.0. The lowest BCUT2D eigenvalue weighted by Crippen LogP contribution is -2.26. The Morgan fingerprint density at radius 1 is 0.939 bits per heavy atom. The van der Waals surface area contributed by atoms with Crippen LogP contribution in [-0.2, 0) is 19.6 Å². The molecular weight excluding hydrogens is 410 g/mol. The summed E-state index contributed by atoms with van der Waals surface area (Å²) >= 11 is 0. The smallest absolute Gasteiger partial charge is 0.222 e. The van der Waals surface area contributed by atoms with Crippen LogP contribution in [0.4, 0.5) is 0 Å². The van der Waals surface area contributed by atoms with E-state index in [0.29, 0.717) is 24.9 Å². The van der Waals surface area contributed by atoms with Gasteiger partial charge in [0.1, 0.15) is 6.61 Å². The van der Waals surface area contributed by atoms with Crippen molar-refractivity contribution in [3.8, 4) is 28.7 Å². The summed E-state index contributed by atoms with van der Waals surface area (Å²) in [5, 5.41) is 3.41. The van der Waals surface area contributed by atoms with Gasteiger partial charge < -0.3 is 10.1 Å². The first-order valence-electron chi connectivity index (χ1n) is 11.4. The summed E-state index contributed by atoms with van der Waals surface area (Å²) in [4.78, 5) is 18.7. The second-order valence-corrected chi connectivity index (χ2v) is 8.50. The third-order valence-corrected chi connectivity index (χ3v) is 5.85. The maximum atomic E-state index is 6.25. The van der Waals surface area contributed by atoms with Gasteiger partial charge in [-0.25, -0.2) is 4.98 Å². The molecule has 1 aromatic carbocycles. The van der Waals surface area contributed by atoms with Crippen molar-refractivity contribution < 1.29 is 4.74 Å². The van der Waals surface area contributed by atoms with Gasteiger partial charge in [0.25, 0.3) is 0 Å². The van der Waals surface area contributed by atoms with E-state index in [1.165, 1.54) is 5.56 Å². The van der Waals surface area contributed by atoms with Gasteiger partial charge in [-0.3, -0.25) is 9.97 Å². The van der Waals surface area contributed by atoms with Gasteiger partial charge in [-0.2, -0.15) is 4.98 Å². The number of fused-ring (bicyclic) bond motifs is 1. The van der Waals surface area contributed by atoms with E-state index in [0.717, 1.165) is 52.6 Å². The minimum atomic E-state index is 0.385. The van der Waals surface area contributed by atoms with Gasteiger partial charge in [0.15, 0.2) is 5.82 Å². The Morgan fingerprint density at radius 2 is 1.79 bits per heavy atom. The van der Waals surface area contributed by atoms with Crippen LogP contribution in [0.2, 0.25) is 0 Å². The van der Waals surface area contributed by atoms with E-state index in [4.69, 9.17) is 14.7 Å². The summed E-state index contributed by atoms with van der Waals surface area (Å²) in [6.07, 6.45) is 4.48. The Bertz CT molecular complexity index is 1240. The first-order chi connectivity index (χ1) is 16.2. The predicted octanol–water partition coefficient (Wildman–Crippen LogP) is 4.95. The summed E-state index contributed by atoms with van der Waals surface area (Å²) in [7, 11) is 0. The van der Waals surface area contributed by atoms with E-state index in [1.807, 2.05) is 42.6 Å². The van der Waals surface area contributed by atoms with Gasteiger partial charge in [0.05, 0.1) is 17.1 Å². The highest BCUT2D eigenvalue weighted by Crippen LogP contribution is 2.31. The molecule has 0 spiro atoms. The van der Waals surface area contributed by atoms with Gasteiger partial charge in [-0.05, 0) is 29.7 Å². The Hall–Kier alpha value is -3.64. The standard InChI is InChI=1S/C27H27N5O/c1-18(2)20-7-3-4-8-21(20)26-31-23-12-14-28-16-22(23)27(32-26)33-17-19-10-11-25(30-15-19)24-9-5-6-13-29-24/h3-11,13,15,18,28H,12,14,16-17H2,1-2H3. The molecule has 3 aromatic heterocycles. The number of pyridine rings is 2. The first kappa shape index (κ1) is 21.2. The molecule has 6 heteroatoms. The molecule has 33 heavy (non-hydrogen) atoms. The Balaban J connectivity index is 1.43. The van der Waals surface area contributed by atoms with Crippen molar-refractivity contribution in [3.63, 3.8) is 0 Å². The number of nitrogens with one attached hydrogen (secondary N) is 1. The van der Waals surface area contributed by atoms with E-state index in [9.17, 15) is 0 Å². The fourth-order valence-electron chi connectivity index (χ4n) is 4.08. The highest BCUT2D eigenvalue weighted by molar-refractivity contribution is 5.62. The third kappa shape index (κ3) is 4.61. The summed E-state index contributed by atoms with van der Waals surface area (Å²) in [6.45, 7) is 6.41. The molecule has 4 aromatic rings. The lowest BCUT2D eigenvalue weighted by Gasteiger charge is -2.21. The summed E-state index contributed by atoms with van der Waals surface area (Å²) in [5.41, 5.74) is 7.10. The maximum Gasteiger partial charge on any atom is 0.222 e. The number of benzene rings is 1. The zero-order chi connectivity index (χ0) is 22.6. The Labute approximate surface area is 194 Å². The molecule has 6 nitrogen and oxygen atoms in total. The highest BCUT2D eigenvalue weighted by atomic mass is 16.5. The number of rotatable bonds is 6. The monoisotopic (exact) mass is 437 g/mol. The fourth-order valence-corrected chi connectivity index (χ4v) is 4.08. The molecule has 0 saturated heterocycles. The maximum absolute atomic E-state index is 6.25. The van der Waals surface area contributed by atoms with Crippen LogP contribution < -0.4 is 10.1 Å². The van der Waals surface area contributed by atoms with Gasteiger partial charge >= 0.3 is 0 Å². The molecule has 0 aliphatic carbocycles. The molecule has 0 unspecified atom stereocenters. The van der Waals surface area contributed by atoms with Crippen molar-refractivity contribution in [3.05, 3.63) is 89.4 Å². The molecule has 0 radical (unpaired) electrons. The zero-order valence-corrected chi connectivity index (χ0v) is 19.0. The molecule has 0 atom stereocenters. The molecule has 166 valence electrons. The van der Waals surface area contributed by atoms with E-state index in [1.54, 1.807) is 6.20 Å². The lowest BCUT2D eigenvalue weighted by molar-refractivity contribution is 0.287. The highest BCUT2D eigenvalue weighted by Gasteiger charge is 2.21. The fraction of sp³-hybridized carbons (Fsp3) is 0.259. The van der Waals surface area contributed by atoms with E-state index in [-0.39, 0.29) is 0 Å². The lowest BCUT2D eigenvalue weighted by atomic mass is 9.96. The van der Waals surface area contributed by atoms with Crippen LogP contribution in [0.25, 0.3) is 22.8 Å². The molecule has 4 heterocycles. The number of nitrogens with zero attached hydrogens (tertiary/aromatic N) is 4. The summed E-state index contributed by atoms with van der Waals surface area (Å²) < 4.78 is 6.25. The third-order valence-electron chi connectivity index (χ3n) is 5.85. The number of hydrogen-bond acceptors (Lipinski definition) is 6. The van der Waals surface area contributed by atoms with E-state index in [2.05, 4.69) is 47.3 Å². The average molecular weight is 438 g/mol. The van der Waals surface area contributed by atoms with Crippen LogP contribution in [0.15, 0.2) is 67.0 Å². The predicted molar refractivity (Wildman–Crippen MR) is 129 cm³/mol. The molecule has 0 saturated carbocycles. The number of ether oxygens (including phenoxy) is 1. The molecule has 0 bridgehead atoms. The van der Waals surface area contributed by atoms with Crippen molar-refractivity contribution in [1.82, 2.24) is 25.3 Å². The molecule has 5 rings (SSSR count). The quantitative estimate of drug-likeness (QED) is 0.460. The van der Waals surface area contributed by atoms with Crippen LogP contribution in [0.3, 0.4) is 0 Å². The second-order valence-electron chi connectivity index (χ2n) is 8.50. The Morgan fingerprint density at radius 3 is 2.58 bits per heavy atom. The van der Waals surface area contributed by atoms with Crippen LogP contribution in [-0.4, -0.2) is 26.5 Å². The minimum Gasteiger partial charge on any atom is -0.472 e. The van der Waals surface area contributed by atoms with Crippen molar-refractivity contribution in [2.45, 2.75) is 39.3 Å². The topological polar surface area (TPSA) is 72.8 Å². The molecule has 1 N–H and O–H groups in total. The van der Waals surface area contributed by atoms with Crippen LogP contribution in [0, 0.1) is 0 Å². The molecule has 0 amide bonds. The second kappa shape index (κ2) is 9.46. The average Bonchev–Trinajstić information content (AvgIpc) is 2.88. The van der Waals surface area contributed by atoms with Crippen molar-refractivity contribution in [1.29, 1.82) is 0 Å². The van der Waals surface area contributed by atoms with Crippen molar-refractivity contribution >= 4 is 0 Å². The normalized spacial score (nSPS) is 13.1. The number of aromatic nitrogens is 4. The van der Waals surface area contributed by atoms with Crippen LogP contribution in [0.5, 0.6) is 5.88 Å². The van der Waals surface area contributed by atoms with Gasteiger partial charge in [0.2, 0.25) is 5.88 Å². The molecule has 1 aliphatic heterocycles. The van der Waals surface area contributed by atoms with Gasteiger partial charge in [-0.15, -0.1) is 0 Å². The SMILES string of the molecule is CC(C)c1ccccc1-c1nc2c(c(OCc3ccc(-c4ccccn4)nc3)n1)CNCC2.